The third-order valence-electron chi connectivity index (χ3n) is 7.14. The molecule has 0 amide bonds. The van der Waals surface area contributed by atoms with Gasteiger partial charge in [-0.15, -0.1) is 0 Å². The van der Waals surface area contributed by atoms with E-state index in [2.05, 4.69) is 35.2 Å². The molecule has 5 heteroatoms. The second kappa shape index (κ2) is 10.8. The van der Waals surface area contributed by atoms with Crippen molar-refractivity contribution >= 4 is 17.2 Å². The predicted molar refractivity (Wildman–Crippen MR) is 133 cm³/mol. The van der Waals surface area contributed by atoms with Crippen LogP contribution in [-0.2, 0) is 17.8 Å². The van der Waals surface area contributed by atoms with Gasteiger partial charge in [0.05, 0.1) is 12.6 Å². The minimum absolute atomic E-state index is 0.0101. The first-order chi connectivity index (χ1) is 16.1. The van der Waals surface area contributed by atoms with E-state index in [4.69, 9.17) is 4.74 Å². The maximum Gasteiger partial charge on any atom is 0.251 e. The normalized spacial score (nSPS) is 16.0. The summed E-state index contributed by atoms with van der Waals surface area (Å²) in [5.41, 5.74) is 2.00. The van der Waals surface area contributed by atoms with E-state index in [0.29, 0.717) is 6.54 Å². The van der Waals surface area contributed by atoms with Crippen LogP contribution in [0.3, 0.4) is 0 Å². The van der Waals surface area contributed by atoms with Crippen molar-refractivity contribution in [3.05, 3.63) is 76.6 Å². The summed E-state index contributed by atoms with van der Waals surface area (Å²) in [5.74, 6) is 0.742. The molecule has 2 aromatic carbocycles. The second-order valence-electron chi connectivity index (χ2n) is 9.26. The summed E-state index contributed by atoms with van der Waals surface area (Å²) >= 11 is 0. The molecular weight excluding hydrogens is 412 g/mol. The van der Waals surface area contributed by atoms with Gasteiger partial charge in [-0.25, -0.2) is 0 Å². The fourth-order valence-corrected chi connectivity index (χ4v) is 5.01. The lowest BCUT2D eigenvalue weighted by molar-refractivity contribution is -0.119. The van der Waals surface area contributed by atoms with Crippen LogP contribution < -0.4 is 10.3 Å². The molecule has 0 atom stereocenters. The fraction of sp³-hybridized carbons (Fsp3) is 0.429. The maximum absolute atomic E-state index is 12.6. The molecule has 0 N–H and O–H groups in total. The summed E-state index contributed by atoms with van der Waals surface area (Å²) in [4.78, 5) is 27.1. The van der Waals surface area contributed by atoms with Gasteiger partial charge < -0.3 is 19.0 Å². The average Bonchev–Trinajstić information content (AvgIpc) is 2.86. The number of piperidine rings is 1. The van der Waals surface area contributed by atoms with Crippen LogP contribution in [-0.4, -0.2) is 42.5 Å². The van der Waals surface area contributed by atoms with Gasteiger partial charge in [-0.3, -0.25) is 4.79 Å². The Balaban J connectivity index is 1.31. The Morgan fingerprint density at radius 2 is 1.73 bits per heavy atom. The number of hydrogen-bond donors (Lipinski definition) is 0. The first-order valence-corrected chi connectivity index (χ1v) is 12.0. The molecule has 5 nitrogen and oxygen atoms in total. The molecule has 0 aliphatic carbocycles. The number of nitrogens with zero attached hydrogens (tertiary/aromatic N) is 2. The quantitative estimate of drug-likeness (QED) is 0.424. The van der Waals surface area contributed by atoms with Crippen LogP contribution in [0.5, 0.6) is 5.75 Å². The molecule has 1 aromatic heterocycles. The van der Waals surface area contributed by atoms with Crippen molar-refractivity contribution in [1.82, 2.24) is 9.47 Å². The molecule has 174 valence electrons. The van der Waals surface area contributed by atoms with Crippen molar-refractivity contribution < 1.29 is 9.53 Å². The third kappa shape index (κ3) is 5.72. The fourth-order valence-electron chi connectivity index (χ4n) is 5.01. The number of aromatic nitrogens is 1. The van der Waals surface area contributed by atoms with Gasteiger partial charge in [-0.2, -0.15) is 0 Å². The van der Waals surface area contributed by atoms with Crippen molar-refractivity contribution in [2.24, 2.45) is 5.41 Å². The number of likely N-dealkylation sites (tertiary alicyclic amines) is 1. The molecule has 0 bridgehead atoms. The zero-order chi connectivity index (χ0) is 23.1. The lowest BCUT2D eigenvalue weighted by Gasteiger charge is -2.38. The molecule has 4 rings (SSSR count). The zero-order valence-electron chi connectivity index (χ0n) is 19.5. The van der Waals surface area contributed by atoms with Crippen LogP contribution in [0.1, 0.15) is 37.7 Å². The van der Waals surface area contributed by atoms with Crippen LogP contribution in [0.2, 0.25) is 0 Å². The molecule has 0 radical (unpaired) electrons. The van der Waals surface area contributed by atoms with E-state index in [1.54, 1.807) is 13.2 Å². The van der Waals surface area contributed by atoms with E-state index < -0.39 is 0 Å². The summed E-state index contributed by atoms with van der Waals surface area (Å²) in [7, 11) is 1.63. The minimum Gasteiger partial charge on any atom is -0.497 e. The van der Waals surface area contributed by atoms with E-state index in [-0.39, 0.29) is 11.0 Å². The van der Waals surface area contributed by atoms with Gasteiger partial charge in [0.1, 0.15) is 12.0 Å². The van der Waals surface area contributed by atoms with Crippen LogP contribution in [0.4, 0.5) is 0 Å². The molecule has 0 unspecified atom stereocenters. The van der Waals surface area contributed by atoms with E-state index in [9.17, 15) is 9.59 Å². The van der Waals surface area contributed by atoms with Crippen LogP contribution in [0.15, 0.2) is 65.5 Å². The van der Waals surface area contributed by atoms with Gasteiger partial charge in [0.25, 0.3) is 5.56 Å². The monoisotopic (exact) mass is 446 g/mol. The van der Waals surface area contributed by atoms with Gasteiger partial charge in [0.2, 0.25) is 0 Å². The van der Waals surface area contributed by atoms with Crippen LogP contribution in [0, 0.1) is 5.41 Å². The summed E-state index contributed by atoms with van der Waals surface area (Å²) in [6, 6.07) is 19.9. The molecule has 1 saturated heterocycles. The number of benzene rings is 2. The Kier molecular flexibility index (Phi) is 7.61. The van der Waals surface area contributed by atoms with Crippen molar-refractivity contribution in [3.8, 4) is 5.75 Å². The lowest BCUT2D eigenvalue weighted by atomic mass is 9.76. The molecule has 2 heterocycles. The Hall–Kier alpha value is -2.92. The second-order valence-corrected chi connectivity index (χ2v) is 9.26. The molecular formula is C28H34N2O3. The predicted octanol–water partition coefficient (Wildman–Crippen LogP) is 4.70. The third-order valence-corrected chi connectivity index (χ3v) is 7.14. The van der Waals surface area contributed by atoms with Gasteiger partial charge in [-0.05, 0) is 87.3 Å². The molecule has 1 aliphatic heterocycles. The highest BCUT2D eigenvalue weighted by Gasteiger charge is 2.33. The van der Waals surface area contributed by atoms with E-state index >= 15 is 0 Å². The highest BCUT2D eigenvalue weighted by molar-refractivity contribution is 5.80. The number of pyridine rings is 1. The molecule has 0 saturated carbocycles. The number of hydrogen-bond acceptors (Lipinski definition) is 4. The van der Waals surface area contributed by atoms with Gasteiger partial charge in [0, 0.05) is 24.1 Å². The van der Waals surface area contributed by atoms with Gasteiger partial charge in [-0.1, -0.05) is 30.3 Å². The highest BCUT2D eigenvalue weighted by Crippen LogP contribution is 2.34. The number of carbonyl (C=O) groups excluding carboxylic acids is 1. The minimum atomic E-state index is -0.262. The SMILES string of the molecule is COc1ccc2ccc(=O)n(CCCC3(C=O)CCN(CCCc4ccccc4)CC3)c2c1. The summed E-state index contributed by atoms with van der Waals surface area (Å²) in [5, 5.41) is 1.02. The zero-order valence-corrected chi connectivity index (χ0v) is 19.5. The van der Waals surface area contributed by atoms with Crippen molar-refractivity contribution in [3.63, 3.8) is 0 Å². The molecule has 33 heavy (non-hydrogen) atoms. The largest absolute Gasteiger partial charge is 0.497 e. The summed E-state index contributed by atoms with van der Waals surface area (Å²) < 4.78 is 7.16. The highest BCUT2D eigenvalue weighted by atomic mass is 16.5. The molecule has 0 spiro atoms. The smallest absolute Gasteiger partial charge is 0.251 e. The standard InChI is InChI=1S/C28H34N2O3/c1-33-25-12-10-24-11-13-27(32)30(26(24)21-25)18-6-14-28(22-31)15-19-29(20-16-28)17-5-9-23-7-3-2-4-8-23/h2-4,7-8,10-13,21-22H,5-6,9,14-20H2,1H3. The molecule has 3 aromatic rings. The summed E-state index contributed by atoms with van der Waals surface area (Å²) in [6.07, 6.45) is 6.86. The first kappa shape index (κ1) is 23.2. The Bertz CT molecular complexity index is 1110. The number of carbonyl (C=O) groups is 1. The first-order valence-electron chi connectivity index (χ1n) is 12.0. The average molecular weight is 447 g/mol. The Morgan fingerprint density at radius 3 is 2.45 bits per heavy atom. The van der Waals surface area contributed by atoms with E-state index in [0.717, 1.165) is 74.8 Å². The number of methoxy groups -OCH3 is 1. The topological polar surface area (TPSA) is 51.5 Å². The van der Waals surface area contributed by atoms with E-state index in [1.165, 1.54) is 11.8 Å². The van der Waals surface area contributed by atoms with Crippen molar-refractivity contribution in [2.75, 3.05) is 26.7 Å². The van der Waals surface area contributed by atoms with Gasteiger partial charge >= 0.3 is 0 Å². The number of ether oxygens (including phenoxy) is 1. The Morgan fingerprint density at radius 1 is 0.970 bits per heavy atom. The van der Waals surface area contributed by atoms with E-state index in [1.807, 2.05) is 28.8 Å². The number of fused-ring (bicyclic) bond motifs is 1. The molecule has 1 aliphatic rings. The number of aldehydes is 1. The van der Waals surface area contributed by atoms with Crippen molar-refractivity contribution in [2.45, 2.75) is 45.1 Å². The lowest BCUT2D eigenvalue weighted by Crippen LogP contribution is -2.41. The Labute approximate surface area is 196 Å². The maximum atomic E-state index is 12.6. The van der Waals surface area contributed by atoms with Gasteiger partial charge in [0.15, 0.2) is 0 Å². The summed E-state index contributed by atoms with van der Waals surface area (Å²) in [6.45, 7) is 3.63. The molecule has 1 fully saturated rings. The van der Waals surface area contributed by atoms with Crippen LogP contribution in [0.25, 0.3) is 10.9 Å². The van der Waals surface area contributed by atoms with Crippen molar-refractivity contribution in [1.29, 1.82) is 0 Å². The number of rotatable bonds is 10. The van der Waals surface area contributed by atoms with Crippen LogP contribution >= 0.6 is 0 Å². The number of aryl methyl sites for hydroxylation is 2.